The van der Waals surface area contributed by atoms with Gasteiger partial charge in [0.05, 0.1) is 5.75 Å². The summed E-state index contributed by atoms with van der Waals surface area (Å²) in [6.07, 6.45) is 2.41. The van der Waals surface area contributed by atoms with Crippen LogP contribution in [0.1, 0.15) is 12.8 Å². The number of rotatable bonds is 5. The van der Waals surface area contributed by atoms with Crippen LogP contribution >= 0.6 is 11.8 Å². The largest absolute Gasteiger partial charge is 0.343 e. The van der Waals surface area contributed by atoms with Crippen molar-refractivity contribution < 1.29 is 4.79 Å². The van der Waals surface area contributed by atoms with Gasteiger partial charge in [0.15, 0.2) is 0 Å². The van der Waals surface area contributed by atoms with E-state index in [-0.39, 0.29) is 5.91 Å². The molecule has 0 aromatic heterocycles. The minimum atomic E-state index is 0.206. The first-order valence-corrected chi connectivity index (χ1v) is 7.39. The molecule has 1 aromatic carbocycles. The number of nitrogens with one attached hydrogen (secondary N) is 1. The van der Waals surface area contributed by atoms with Crippen LogP contribution in [0.3, 0.4) is 0 Å². The van der Waals surface area contributed by atoms with Crippen LogP contribution in [-0.4, -0.2) is 42.7 Å². The van der Waals surface area contributed by atoms with Crippen molar-refractivity contribution in [2.24, 2.45) is 0 Å². The van der Waals surface area contributed by atoms with E-state index in [2.05, 4.69) is 5.32 Å². The minimum Gasteiger partial charge on any atom is -0.343 e. The molecule has 0 radical (unpaired) electrons. The number of amides is 1. The van der Waals surface area contributed by atoms with Gasteiger partial charge in [0.25, 0.3) is 0 Å². The monoisotopic (exact) mass is 264 g/mol. The van der Waals surface area contributed by atoms with Crippen molar-refractivity contribution in [3.8, 4) is 0 Å². The molecule has 1 aromatic rings. The average Bonchev–Trinajstić information content (AvgIpc) is 2.90. The third kappa shape index (κ3) is 4.03. The van der Waals surface area contributed by atoms with Crippen LogP contribution in [0.25, 0.3) is 0 Å². The summed E-state index contributed by atoms with van der Waals surface area (Å²) in [6.45, 7) is 1.92. The molecule has 1 aliphatic heterocycles. The SMILES string of the molecule is CN(CC1CCCN1)C(=O)CSc1ccccc1. The Morgan fingerprint density at radius 1 is 1.44 bits per heavy atom. The lowest BCUT2D eigenvalue weighted by molar-refractivity contribution is -0.127. The van der Waals surface area contributed by atoms with Crippen molar-refractivity contribution in [3.63, 3.8) is 0 Å². The number of benzene rings is 1. The third-order valence-electron chi connectivity index (χ3n) is 3.19. The highest BCUT2D eigenvalue weighted by atomic mass is 32.2. The molecule has 0 bridgehead atoms. The van der Waals surface area contributed by atoms with Gasteiger partial charge in [-0.05, 0) is 31.5 Å². The first-order chi connectivity index (χ1) is 8.75. The lowest BCUT2D eigenvalue weighted by Gasteiger charge is -2.21. The predicted octanol–water partition coefficient (Wildman–Crippen LogP) is 1.99. The fraction of sp³-hybridized carbons (Fsp3) is 0.500. The van der Waals surface area contributed by atoms with E-state index in [1.165, 1.54) is 12.8 Å². The Kier molecular flexibility index (Phi) is 5.08. The highest BCUT2D eigenvalue weighted by Crippen LogP contribution is 2.17. The first-order valence-electron chi connectivity index (χ1n) is 6.41. The quantitative estimate of drug-likeness (QED) is 0.826. The Balaban J connectivity index is 1.73. The maximum atomic E-state index is 12.0. The molecular formula is C14H20N2OS. The number of carbonyl (C=O) groups excluding carboxylic acids is 1. The summed E-state index contributed by atoms with van der Waals surface area (Å²) >= 11 is 1.60. The zero-order valence-electron chi connectivity index (χ0n) is 10.8. The third-order valence-corrected chi connectivity index (χ3v) is 4.18. The lowest BCUT2D eigenvalue weighted by Crippen LogP contribution is -2.39. The van der Waals surface area contributed by atoms with Crippen LogP contribution in [0.15, 0.2) is 35.2 Å². The van der Waals surface area contributed by atoms with Crippen LogP contribution in [0, 0.1) is 0 Å². The number of thioether (sulfide) groups is 1. The standard InChI is InChI=1S/C14H20N2OS/c1-16(10-12-6-5-9-15-12)14(17)11-18-13-7-3-2-4-8-13/h2-4,7-8,12,15H,5-6,9-11H2,1H3. The molecule has 1 atom stereocenters. The van der Waals surface area contributed by atoms with E-state index in [0.29, 0.717) is 11.8 Å². The van der Waals surface area contributed by atoms with Gasteiger partial charge in [0, 0.05) is 24.5 Å². The first kappa shape index (κ1) is 13.4. The fourth-order valence-electron chi connectivity index (χ4n) is 2.12. The fourth-order valence-corrected chi connectivity index (χ4v) is 2.98. The normalized spacial score (nSPS) is 18.8. The smallest absolute Gasteiger partial charge is 0.232 e. The predicted molar refractivity (Wildman–Crippen MR) is 75.8 cm³/mol. The zero-order valence-corrected chi connectivity index (χ0v) is 11.6. The molecule has 3 nitrogen and oxygen atoms in total. The van der Waals surface area contributed by atoms with Gasteiger partial charge in [-0.25, -0.2) is 0 Å². The summed E-state index contributed by atoms with van der Waals surface area (Å²) in [4.78, 5) is 15.0. The molecule has 0 spiro atoms. The molecule has 0 aliphatic carbocycles. The molecule has 4 heteroatoms. The molecule has 1 N–H and O–H groups in total. The van der Waals surface area contributed by atoms with Crippen molar-refractivity contribution in [1.29, 1.82) is 0 Å². The highest BCUT2D eigenvalue weighted by molar-refractivity contribution is 8.00. The van der Waals surface area contributed by atoms with Gasteiger partial charge in [-0.15, -0.1) is 11.8 Å². The van der Waals surface area contributed by atoms with Gasteiger partial charge < -0.3 is 10.2 Å². The average molecular weight is 264 g/mol. The Hall–Kier alpha value is -1.00. The summed E-state index contributed by atoms with van der Waals surface area (Å²) in [5.41, 5.74) is 0. The number of hydrogen-bond donors (Lipinski definition) is 1. The van der Waals surface area contributed by atoms with Crippen LogP contribution in [0.4, 0.5) is 0 Å². The van der Waals surface area contributed by atoms with Crippen LogP contribution in [0.5, 0.6) is 0 Å². The molecule has 1 amide bonds. The molecule has 1 fully saturated rings. The molecule has 0 saturated carbocycles. The number of carbonyl (C=O) groups is 1. The number of likely N-dealkylation sites (N-methyl/N-ethyl adjacent to an activating group) is 1. The highest BCUT2D eigenvalue weighted by Gasteiger charge is 2.18. The zero-order chi connectivity index (χ0) is 12.8. The van der Waals surface area contributed by atoms with Crippen molar-refractivity contribution >= 4 is 17.7 Å². The van der Waals surface area contributed by atoms with Crippen molar-refractivity contribution in [2.75, 3.05) is 25.9 Å². The molecule has 2 rings (SSSR count). The minimum absolute atomic E-state index is 0.206. The molecular weight excluding hydrogens is 244 g/mol. The maximum Gasteiger partial charge on any atom is 0.232 e. The molecule has 1 saturated heterocycles. The van der Waals surface area contributed by atoms with E-state index >= 15 is 0 Å². The van der Waals surface area contributed by atoms with Crippen molar-refractivity contribution in [1.82, 2.24) is 10.2 Å². The van der Waals surface area contributed by atoms with Crippen molar-refractivity contribution in [3.05, 3.63) is 30.3 Å². The van der Waals surface area contributed by atoms with E-state index < -0.39 is 0 Å². The van der Waals surface area contributed by atoms with Gasteiger partial charge in [-0.2, -0.15) is 0 Å². The van der Waals surface area contributed by atoms with E-state index in [4.69, 9.17) is 0 Å². The molecule has 1 unspecified atom stereocenters. The summed E-state index contributed by atoms with van der Waals surface area (Å²) in [5, 5.41) is 3.42. The van der Waals surface area contributed by atoms with Crippen LogP contribution in [0.2, 0.25) is 0 Å². The number of hydrogen-bond acceptors (Lipinski definition) is 3. The van der Waals surface area contributed by atoms with Gasteiger partial charge in [0.1, 0.15) is 0 Å². The van der Waals surface area contributed by atoms with E-state index in [0.717, 1.165) is 18.0 Å². The lowest BCUT2D eigenvalue weighted by atomic mass is 10.2. The molecule has 1 aliphatic rings. The number of nitrogens with zero attached hydrogens (tertiary/aromatic N) is 1. The Morgan fingerprint density at radius 3 is 2.89 bits per heavy atom. The maximum absolute atomic E-state index is 12.0. The Labute approximate surface area is 113 Å². The van der Waals surface area contributed by atoms with E-state index in [9.17, 15) is 4.79 Å². The molecule has 18 heavy (non-hydrogen) atoms. The molecule has 1 heterocycles. The summed E-state index contributed by atoms with van der Waals surface area (Å²) in [6, 6.07) is 10.6. The Bertz CT molecular complexity index is 377. The van der Waals surface area contributed by atoms with Gasteiger partial charge in [-0.1, -0.05) is 18.2 Å². The van der Waals surface area contributed by atoms with Gasteiger partial charge in [-0.3, -0.25) is 4.79 Å². The van der Waals surface area contributed by atoms with E-state index in [1.54, 1.807) is 11.8 Å². The second kappa shape index (κ2) is 6.81. The van der Waals surface area contributed by atoms with E-state index in [1.807, 2.05) is 42.3 Å². The second-order valence-electron chi connectivity index (χ2n) is 4.67. The summed E-state index contributed by atoms with van der Waals surface area (Å²) in [5.74, 6) is 0.727. The van der Waals surface area contributed by atoms with Crippen LogP contribution in [-0.2, 0) is 4.79 Å². The topological polar surface area (TPSA) is 32.3 Å². The Morgan fingerprint density at radius 2 is 2.22 bits per heavy atom. The summed E-state index contributed by atoms with van der Waals surface area (Å²) < 4.78 is 0. The van der Waals surface area contributed by atoms with Crippen LogP contribution < -0.4 is 5.32 Å². The van der Waals surface area contributed by atoms with Gasteiger partial charge >= 0.3 is 0 Å². The molecule has 98 valence electrons. The summed E-state index contributed by atoms with van der Waals surface area (Å²) in [7, 11) is 1.90. The second-order valence-corrected chi connectivity index (χ2v) is 5.72. The van der Waals surface area contributed by atoms with Gasteiger partial charge in [0.2, 0.25) is 5.91 Å². The van der Waals surface area contributed by atoms with Crippen molar-refractivity contribution in [2.45, 2.75) is 23.8 Å².